The fraction of sp³-hybridized carbons (Fsp3) is 0.625. The Kier molecular flexibility index (Phi) is 5.56. The molecule has 0 heterocycles. The third-order valence-electron chi connectivity index (χ3n) is 4.24. The van der Waals surface area contributed by atoms with Crippen LogP contribution >= 0.6 is 23.2 Å². The monoisotopic (exact) mass is 299 g/mol. The lowest BCUT2D eigenvalue weighted by molar-refractivity contribution is 0.182. The summed E-state index contributed by atoms with van der Waals surface area (Å²) in [5.41, 5.74) is 1.57. The van der Waals surface area contributed by atoms with Crippen molar-refractivity contribution >= 4 is 23.2 Å². The van der Waals surface area contributed by atoms with Crippen LogP contribution in [0.2, 0.25) is 10.0 Å². The Bertz CT molecular complexity index is 411. The number of hydrogen-bond donors (Lipinski definition) is 1. The van der Waals surface area contributed by atoms with E-state index in [2.05, 4.69) is 12.2 Å². The summed E-state index contributed by atoms with van der Waals surface area (Å²) in [6.07, 6.45) is 7.68. The van der Waals surface area contributed by atoms with Gasteiger partial charge in [-0.15, -0.1) is 0 Å². The molecule has 0 bridgehead atoms. The Hall–Kier alpha value is -0.240. The van der Waals surface area contributed by atoms with Crippen molar-refractivity contribution in [3.63, 3.8) is 0 Å². The van der Waals surface area contributed by atoms with Crippen molar-refractivity contribution in [2.75, 3.05) is 13.1 Å². The Morgan fingerprint density at radius 1 is 1.16 bits per heavy atom. The van der Waals surface area contributed by atoms with Crippen LogP contribution in [0.15, 0.2) is 18.2 Å². The molecule has 19 heavy (non-hydrogen) atoms. The van der Waals surface area contributed by atoms with Crippen LogP contribution in [0.3, 0.4) is 0 Å². The van der Waals surface area contributed by atoms with E-state index < -0.39 is 0 Å². The lowest BCUT2D eigenvalue weighted by Crippen LogP contribution is -2.38. The van der Waals surface area contributed by atoms with Crippen molar-refractivity contribution in [1.29, 1.82) is 0 Å². The second-order valence-electron chi connectivity index (χ2n) is 5.75. The summed E-state index contributed by atoms with van der Waals surface area (Å²) in [6, 6.07) is 5.82. The minimum Gasteiger partial charge on any atom is -0.316 e. The predicted molar refractivity (Wildman–Crippen MR) is 84.2 cm³/mol. The first-order chi connectivity index (χ1) is 9.15. The smallest absolute Gasteiger partial charge is 0.0439 e. The second kappa shape index (κ2) is 6.97. The molecule has 106 valence electrons. The summed E-state index contributed by atoms with van der Waals surface area (Å²) < 4.78 is 0. The van der Waals surface area contributed by atoms with E-state index in [1.807, 2.05) is 18.2 Å². The summed E-state index contributed by atoms with van der Waals surface area (Å²) in [7, 11) is 0. The summed E-state index contributed by atoms with van der Waals surface area (Å²) in [5, 5.41) is 5.18. The highest BCUT2D eigenvalue weighted by atomic mass is 35.5. The van der Waals surface area contributed by atoms with Crippen LogP contribution in [0.1, 0.15) is 44.6 Å². The highest BCUT2D eigenvalue weighted by molar-refractivity contribution is 6.33. The molecule has 1 aliphatic rings. The molecule has 1 aliphatic carbocycles. The molecular weight excluding hydrogens is 277 g/mol. The maximum absolute atomic E-state index is 6.33. The Morgan fingerprint density at radius 2 is 1.89 bits per heavy atom. The average Bonchev–Trinajstić information content (AvgIpc) is 2.42. The molecule has 0 unspecified atom stereocenters. The molecule has 1 aromatic carbocycles. The quantitative estimate of drug-likeness (QED) is 0.798. The maximum Gasteiger partial charge on any atom is 0.0439 e. The average molecular weight is 300 g/mol. The van der Waals surface area contributed by atoms with Gasteiger partial charge in [-0.2, -0.15) is 0 Å². The first-order valence-corrected chi connectivity index (χ1v) is 8.05. The minimum absolute atomic E-state index is 0.364. The third kappa shape index (κ3) is 4.11. The lowest BCUT2D eigenvalue weighted by Gasteiger charge is -2.38. The summed E-state index contributed by atoms with van der Waals surface area (Å²) in [5.74, 6) is 0. The van der Waals surface area contributed by atoms with Gasteiger partial charge in [-0.3, -0.25) is 0 Å². The molecule has 1 saturated carbocycles. The van der Waals surface area contributed by atoms with Crippen LogP contribution in [0, 0.1) is 5.41 Å². The first-order valence-electron chi connectivity index (χ1n) is 7.30. The molecule has 0 atom stereocenters. The molecule has 1 aromatic rings. The van der Waals surface area contributed by atoms with E-state index in [9.17, 15) is 0 Å². The Balaban J connectivity index is 2.16. The molecule has 1 fully saturated rings. The first kappa shape index (κ1) is 15.2. The molecule has 2 rings (SSSR count). The van der Waals surface area contributed by atoms with Crippen LogP contribution in [-0.4, -0.2) is 13.1 Å². The normalized spacial score (nSPS) is 18.5. The van der Waals surface area contributed by atoms with Gasteiger partial charge in [0.25, 0.3) is 0 Å². The van der Waals surface area contributed by atoms with Gasteiger partial charge in [0.15, 0.2) is 0 Å². The number of hydrogen-bond acceptors (Lipinski definition) is 1. The lowest BCUT2D eigenvalue weighted by atomic mass is 9.70. The van der Waals surface area contributed by atoms with Crippen LogP contribution in [0.4, 0.5) is 0 Å². The van der Waals surface area contributed by atoms with E-state index in [0.717, 1.165) is 29.6 Å². The van der Waals surface area contributed by atoms with E-state index >= 15 is 0 Å². The summed E-state index contributed by atoms with van der Waals surface area (Å²) in [4.78, 5) is 0. The SMILES string of the molecule is CCNCC1(Cc2cc(Cl)ccc2Cl)CCCCC1. The van der Waals surface area contributed by atoms with E-state index in [0.29, 0.717) is 5.41 Å². The van der Waals surface area contributed by atoms with Crippen molar-refractivity contribution < 1.29 is 0 Å². The maximum atomic E-state index is 6.33. The Morgan fingerprint density at radius 3 is 2.58 bits per heavy atom. The topological polar surface area (TPSA) is 12.0 Å². The number of rotatable bonds is 5. The largest absolute Gasteiger partial charge is 0.316 e. The van der Waals surface area contributed by atoms with Crippen molar-refractivity contribution in [2.24, 2.45) is 5.41 Å². The van der Waals surface area contributed by atoms with Crippen molar-refractivity contribution in [3.8, 4) is 0 Å². The summed E-state index contributed by atoms with van der Waals surface area (Å²) in [6.45, 7) is 4.29. The van der Waals surface area contributed by atoms with Gasteiger partial charge >= 0.3 is 0 Å². The zero-order chi connectivity index (χ0) is 13.7. The number of halogens is 2. The fourth-order valence-corrected chi connectivity index (χ4v) is 3.57. The van der Waals surface area contributed by atoms with E-state index in [1.54, 1.807) is 0 Å². The highest BCUT2D eigenvalue weighted by Gasteiger charge is 2.32. The molecule has 0 radical (unpaired) electrons. The molecular formula is C16H23Cl2N. The third-order valence-corrected chi connectivity index (χ3v) is 4.84. The fourth-order valence-electron chi connectivity index (χ4n) is 3.19. The molecule has 0 saturated heterocycles. The van der Waals surface area contributed by atoms with Gasteiger partial charge in [-0.25, -0.2) is 0 Å². The molecule has 0 spiro atoms. The molecule has 1 nitrogen and oxygen atoms in total. The van der Waals surface area contributed by atoms with Gasteiger partial charge in [-0.05, 0) is 55.0 Å². The Labute approximate surface area is 126 Å². The molecule has 1 N–H and O–H groups in total. The van der Waals surface area contributed by atoms with Crippen LogP contribution in [0.25, 0.3) is 0 Å². The zero-order valence-electron chi connectivity index (χ0n) is 11.6. The molecule has 0 amide bonds. The van der Waals surface area contributed by atoms with E-state index in [1.165, 1.54) is 37.7 Å². The zero-order valence-corrected chi connectivity index (χ0v) is 13.2. The highest BCUT2D eigenvalue weighted by Crippen LogP contribution is 2.40. The van der Waals surface area contributed by atoms with Gasteiger partial charge < -0.3 is 5.32 Å². The standard InChI is InChI=1S/C16H23Cl2N/c1-2-19-12-16(8-4-3-5-9-16)11-13-10-14(17)6-7-15(13)18/h6-7,10,19H,2-5,8-9,11-12H2,1H3. The van der Waals surface area contributed by atoms with Gasteiger partial charge in [0.2, 0.25) is 0 Å². The van der Waals surface area contributed by atoms with Gasteiger partial charge in [0, 0.05) is 16.6 Å². The molecule has 0 aliphatic heterocycles. The van der Waals surface area contributed by atoms with Gasteiger partial charge in [0.05, 0.1) is 0 Å². The predicted octanol–water partition coefficient (Wildman–Crippen LogP) is 5.10. The number of benzene rings is 1. The minimum atomic E-state index is 0.364. The summed E-state index contributed by atoms with van der Waals surface area (Å²) >= 11 is 12.4. The van der Waals surface area contributed by atoms with Crippen molar-refractivity contribution in [1.82, 2.24) is 5.32 Å². The number of nitrogens with one attached hydrogen (secondary N) is 1. The van der Waals surface area contributed by atoms with Gasteiger partial charge in [0.1, 0.15) is 0 Å². The van der Waals surface area contributed by atoms with Crippen molar-refractivity contribution in [3.05, 3.63) is 33.8 Å². The molecule has 3 heteroatoms. The van der Waals surface area contributed by atoms with Gasteiger partial charge in [-0.1, -0.05) is 49.4 Å². The van der Waals surface area contributed by atoms with Crippen molar-refractivity contribution in [2.45, 2.75) is 45.4 Å². The van der Waals surface area contributed by atoms with E-state index in [4.69, 9.17) is 23.2 Å². The van der Waals surface area contributed by atoms with Crippen LogP contribution < -0.4 is 5.32 Å². The van der Waals surface area contributed by atoms with E-state index in [-0.39, 0.29) is 0 Å². The van der Waals surface area contributed by atoms with Crippen LogP contribution in [0.5, 0.6) is 0 Å². The second-order valence-corrected chi connectivity index (χ2v) is 6.60. The van der Waals surface area contributed by atoms with Crippen LogP contribution in [-0.2, 0) is 6.42 Å². The molecule has 0 aromatic heterocycles.